The molecule has 1 amide bonds. The Kier molecular flexibility index (Phi) is 6.01. The summed E-state index contributed by atoms with van der Waals surface area (Å²) in [5.74, 6) is 0.294. The van der Waals surface area contributed by atoms with Crippen LogP contribution < -0.4 is 16.6 Å². The van der Waals surface area contributed by atoms with Gasteiger partial charge in [-0.2, -0.15) is 0 Å². The summed E-state index contributed by atoms with van der Waals surface area (Å²) in [6.45, 7) is 4.37. The molecule has 0 fully saturated rings. The van der Waals surface area contributed by atoms with Crippen molar-refractivity contribution in [1.29, 1.82) is 0 Å². The predicted octanol–water partition coefficient (Wildman–Crippen LogP) is 3.28. The molecule has 10 heteroatoms. The molecule has 0 unspecified atom stereocenters. The molecule has 1 N–H and O–H groups in total. The minimum Gasteiger partial charge on any atom is -0.324 e. The molecule has 0 saturated heterocycles. The van der Waals surface area contributed by atoms with Crippen molar-refractivity contribution in [2.45, 2.75) is 38.3 Å². The van der Waals surface area contributed by atoms with Gasteiger partial charge in [0.1, 0.15) is 11.2 Å². The monoisotopic (exact) mass is 457 g/mol. The second kappa shape index (κ2) is 8.72. The Balaban J connectivity index is 1.72. The normalized spacial score (nSPS) is 11.6. The zero-order valence-electron chi connectivity index (χ0n) is 17.5. The van der Waals surface area contributed by atoms with E-state index < -0.39 is 5.69 Å². The van der Waals surface area contributed by atoms with Crippen molar-refractivity contribution in [1.82, 2.24) is 18.7 Å². The number of amides is 1. The molecule has 162 valence electrons. The molecule has 3 aromatic heterocycles. The number of nitrogens with zero attached hydrogens (tertiary/aromatic N) is 4. The van der Waals surface area contributed by atoms with Gasteiger partial charge in [-0.1, -0.05) is 19.9 Å². The number of aryl methyl sites for hydroxylation is 1. The van der Waals surface area contributed by atoms with Crippen molar-refractivity contribution in [3.8, 4) is 0 Å². The molecule has 0 saturated carbocycles. The molecule has 4 aromatic rings. The maximum Gasteiger partial charge on any atom is 0.352 e. The molecule has 31 heavy (non-hydrogen) atoms. The van der Waals surface area contributed by atoms with E-state index >= 15 is 0 Å². The number of hydrogen-bond acceptors (Lipinski definition) is 6. The number of hydrogen-bond donors (Lipinski definition) is 1. The van der Waals surface area contributed by atoms with Crippen LogP contribution in [0.3, 0.4) is 0 Å². The highest BCUT2D eigenvalue weighted by molar-refractivity contribution is 7.98. The molecule has 1 aromatic carbocycles. The van der Waals surface area contributed by atoms with Gasteiger partial charge < -0.3 is 5.32 Å². The van der Waals surface area contributed by atoms with E-state index in [1.807, 2.05) is 24.5 Å². The van der Waals surface area contributed by atoms with Crippen LogP contribution in [0.1, 0.15) is 20.3 Å². The van der Waals surface area contributed by atoms with Gasteiger partial charge in [-0.15, -0.1) is 28.2 Å². The number of nitrogens with one attached hydrogen (secondary N) is 1. The minimum atomic E-state index is -0.440. The molecule has 0 bridgehead atoms. The van der Waals surface area contributed by atoms with E-state index in [0.717, 1.165) is 16.0 Å². The number of aromatic nitrogens is 4. The number of benzene rings is 1. The Hall–Kier alpha value is -2.85. The van der Waals surface area contributed by atoms with Crippen LogP contribution in [-0.2, 0) is 17.9 Å². The lowest BCUT2D eigenvalue weighted by molar-refractivity contribution is -0.117. The molecule has 0 aliphatic heterocycles. The summed E-state index contributed by atoms with van der Waals surface area (Å²) in [4.78, 5) is 39.7. The van der Waals surface area contributed by atoms with E-state index in [1.54, 1.807) is 29.3 Å². The zero-order valence-corrected chi connectivity index (χ0v) is 19.1. The van der Waals surface area contributed by atoms with Crippen LogP contribution in [0, 0.1) is 5.92 Å². The maximum atomic E-state index is 13.1. The van der Waals surface area contributed by atoms with Gasteiger partial charge in [0, 0.05) is 17.1 Å². The summed E-state index contributed by atoms with van der Waals surface area (Å²) in [5.41, 5.74) is 0.580. The van der Waals surface area contributed by atoms with Crippen molar-refractivity contribution >= 4 is 50.7 Å². The van der Waals surface area contributed by atoms with Crippen LogP contribution in [0.5, 0.6) is 0 Å². The fraction of sp³-hybridized carbons (Fsp3) is 0.333. The lowest BCUT2D eigenvalue weighted by atomic mass is 10.1. The molecule has 0 aliphatic rings. The van der Waals surface area contributed by atoms with Gasteiger partial charge in [0.25, 0.3) is 5.56 Å². The second-order valence-corrected chi connectivity index (χ2v) is 9.43. The van der Waals surface area contributed by atoms with E-state index in [9.17, 15) is 14.4 Å². The first-order valence-electron chi connectivity index (χ1n) is 9.92. The molecule has 0 radical (unpaired) electrons. The maximum absolute atomic E-state index is 13.1. The molecular formula is C21H23N5O3S2. The molecular weight excluding hydrogens is 434 g/mol. The van der Waals surface area contributed by atoms with Gasteiger partial charge >= 0.3 is 5.69 Å². The molecule has 4 rings (SSSR count). The summed E-state index contributed by atoms with van der Waals surface area (Å²) < 4.78 is 4.59. The first kappa shape index (κ1) is 21.4. The number of fused-ring (bicyclic) bond motifs is 3. The largest absolute Gasteiger partial charge is 0.352 e. The van der Waals surface area contributed by atoms with Crippen molar-refractivity contribution in [3.05, 3.63) is 56.5 Å². The topological polar surface area (TPSA) is 90.4 Å². The number of carbonyl (C=O) groups is 1. The summed E-state index contributed by atoms with van der Waals surface area (Å²) in [5, 5.41) is 8.96. The average molecular weight is 458 g/mol. The van der Waals surface area contributed by atoms with Gasteiger partial charge in [0.05, 0.1) is 5.52 Å². The van der Waals surface area contributed by atoms with Crippen molar-refractivity contribution in [2.24, 2.45) is 5.92 Å². The van der Waals surface area contributed by atoms with E-state index in [-0.39, 0.29) is 23.8 Å². The number of thiophene rings is 1. The Morgan fingerprint density at radius 2 is 2.06 bits per heavy atom. The SMILES string of the molecule is CSc1cccc(NC(=O)Cn2nc3n(CCC(C)C)c(=O)c4sccc4n3c2=O)c1. The lowest BCUT2D eigenvalue weighted by Crippen LogP contribution is -2.29. The lowest BCUT2D eigenvalue weighted by Gasteiger charge is -2.09. The van der Waals surface area contributed by atoms with Crippen LogP contribution in [0.15, 0.2) is 50.2 Å². The van der Waals surface area contributed by atoms with Crippen LogP contribution in [0.25, 0.3) is 16.0 Å². The highest BCUT2D eigenvalue weighted by Gasteiger charge is 2.19. The smallest absolute Gasteiger partial charge is 0.324 e. The first-order chi connectivity index (χ1) is 14.9. The van der Waals surface area contributed by atoms with Crippen LogP contribution in [0.4, 0.5) is 5.69 Å². The van der Waals surface area contributed by atoms with Gasteiger partial charge in [0.15, 0.2) is 0 Å². The highest BCUT2D eigenvalue weighted by Crippen LogP contribution is 2.19. The van der Waals surface area contributed by atoms with Crippen LogP contribution in [0.2, 0.25) is 0 Å². The van der Waals surface area contributed by atoms with Crippen molar-refractivity contribution in [3.63, 3.8) is 0 Å². The van der Waals surface area contributed by atoms with Gasteiger partial charge in [-0.25, -0.2) is 13.9 Å². The average Bonchev–Trinajstić information content (AvgIpc) is 3.33. The Bertz CT molecular complexity index is 1380. The van der Waals surface area contributed by atoms with E-state index in [0.29, 0.717) is 28.4 Å². The summed E-state index contributed by atoms with van der Waals surface area (Å²) in [6, 6.07) is 9.22. The summed E-state index contributed by atoms with van der Waals surface area (Å²) >= 11 is 2.88. The molecule has 0 spiro atoms. The van der Waals surface area contributed by atoms with Crippen LogP contribution in [-0.4, -0.2) is 30.9 Å². The molecule has 0 aliphatic carbocycles. The highest BCUT2D eigenvalue weighted by atomic mass is 32.2. The Labute approximate surface area is 186 Å². The Morgan fingerprint density at radius 1 is 1.26 bits per heavy atom. The van der Waals surface area contributed by atoms with E-state index in [1.165, 1.54) is 20.3 Å². The first-order valence-corrected chi connectivity index (χ1v) is 12.0. The Morgan fingerprint density at radius 3 is 2.81 bits per heavy atom. The standard InChI is InChI=1S/C21H23N5O3S2/c1-13(2)7-9-24-19(28)18-16(8-10-31-18)26-20(24)23-25(21(26)29)12-17(27)22-14-5-4-6-15(11-14)30-3/h4-6,8,10-11,13H,7,9,12H2,1-3H3,(H,22,27). The van der Waals surface area contributed by atoms with Gasteiger partial charge in [-0.3, -0.25) is 14.2 Å². The predicted molar refractivity (Wildman–Crippen MR) is 125 cm³/mol. The third-order valence-corrected chi connectivity index (χ3v) is 6.58. The van der Waals surface area contributed by atoms with Gasteiger partial charge in [0.2, 0.25) is 11.7 Å². The van der Waals surface area contributed by atoms with Crippen LogP contribution >= 0.6 is 23.1 Å². The molecule has 8 nitrogen and oxygen atoms in total. The zero-order chi connectivity index (χ0) is 22.1. The third-order valence-electron chi connectivity index (χ3n) is 4.97. The summed E-state index contributed by atoms with van der Waals surface area (Å²) in [7, 11) is 0. The number of thioether (sulfide) groups is 1. The second-order valence-electron chi connectivity index (χ2n) is 7.63. The fourth-order valence-electron chi connectivity index (χ4n) is 3.36. The van der Waals surface area contributed by atoms with E-state index in [2.05, 4.69) is 24.3 Å². The third kappa shape index (κ3) is 4.17. The fourth-order valence-corrected chi connectivity index (χ4v) is 4.65. The number of anilines is 1. The minimum absolute atomic E-state index is 0.159. The molecule has 0 atom stereocenters. The summed E-state index contributed by atoms with van der Waals surface area (Å²) in [6.07, 6.45) is 2.74. The van der Waals surface area contributed by atoms with Gasteiger partial charge in [-0.05, 0) is 48.2 Å². The molecule has 3 heterocycles. The van der Waals surface area contributed by atoms with Crippen molar-refractivity contribution < 1.29 is 4.79 Å². The van der Waals surface area contributed by atoms with E-state index in [4.69, 9.17) is 0 Å². The van der Waals surface area contributed by atoms with Crippen molar-refractivity contribution in [2.75, 3.05) is 11.6 Å². The number of carbonyl (C=O) groups excluding carboxylic acids is 1. The number of rotatable bonds is 7. The quantitative estimate of drug-likeness (QED) is 0.430.